The third-order valence-electron chi connectivity index (χ3n) is 11.0. The molecule has 3 heteroatoms. The summed E-state index contributed by atoms with van der Waals surface area (Å²) in [7, 11) is 0. The molecule has 1 spiro atoms. The van der Waals surface area contributed by atoms with Crippen LogP contribution in [0.3, 0.4) is 0 Å². The lowest BCUT2D eigenvalue weighted by molar-refractivity contribution is -0.115. The first-order valence-electron chi connectivity index (χ1n) is 12.6. The summed E-state index contributed by atoms with van der Waals surface area (Å²) in [5.74, 6) is 4.50. The van der Waals surface area contributed by atoms with Gasteiger partial charge in [0.1, 0.15) is 5.72 Å². The number of nitrogens with one attached hydrogen (secondary N) is 1. The van der Waals surface area contributed by atoms with Gasteiger partial charge in [-0.25, -0.2) is 0 Å². The number of allylic oxidation sites excluding steroid dienone is 4. The van der Waals surface area contributed by atoms with E-state index >= 15 is 0 Å². The van der Waals surface area contributed by atoms with Gasteiger partial charge in [-0.05, 0) is 92.1 Å². The van der Waals surface area contributed by atoms with Gasteiger partial charge in [-0.1, -0.05) is 39.3 Å². The van der Waals surface area contributed by atoms with Gasteiger partial charge < -0.3 is 4.74 Å². The minimum absolute atomic E-state index is 0.0619. The van der Waals surface area contributed by atoms with Gasteiger partial charge in [0.2, 0.25) is 0 Å². The maximum Gasteiger partial charge on any atom is 0.178 e. The van der Waals surface area contributed by atoms with Crippen LogP contribution in [-0.2, 0) is 9.53 Å². The molecule has 0 bridgehead atoms. The molecule has 0 amide bonds. The van der Waals surface area contributed by atoms with E-state index in [1.165, 1.54) is 44.1 Å². The number of hydrogen-bond acceptors (Lipinski definition) is 3. The molecule has 3 nitrogen and oxygen atoms in total. The van der Waals surface area contributed by atoms with Gasteiger partial charge in [0.25, 0.3) is 0 Å². The highest BCUT2D eigenvalue weighted by Gasteiger charge is 2.68. The molecule has 0 aromatic heterocycles. The molecule has 0 radical (unpaired) electrons. The summed E-state index contributed by atoms with van der Waals surface area (Å²) in [6.07, 6.45) is 15.2. The Bertz CT molecular complexity index is 821. The number of carbonyl (C=O) groups excluding carboxylic acids is 1. The lowest BCUT2D eigenvalue weighted by Gasteiger charge is -2.57. The van der Waals surface area contributed by atoms with Crippen LogP contribution >= 0.6 is 0 Å². The van der Waals surface area contributed by atoms with Gasteiger partial charge in [-0.3, -0.25) is 10.1 Å². The Morgan fingerprint density at radius 3 is 2.70 bits per heavy atom. The largest absolute Gasteiger partial charge is 0.357 e. The zero-order valence-corrected chi connectivity index (χ0v) is 19.2. The summed E-state index contributed by atoms with van der Waals surface area (Å²) in [5, 5.41) is 3.87. The van der Waals surface area contributed by atoms with E-state index in [1.807, 2.05) is 12.2 Å². The van der Waals surface area contributed by atoms with Gasteiger partial charge in [-0.15, -0.1) is 0 Å². The lowest BCUT2D eigenvalue weighted by atomic mass is 9.47. The molecule has 2 heterocycles. The van der Waals surface area contributed by atoms with E-state index in [4.69, 9.17) is 4.74 Å². The van der Waals surface area contributed by atoms with E-state index in [0.717, 1.165) is 30.7 Å². The lowest BCUT2D eigenvalue weighted by Crippen LogP contribution is -2.57. The fourth-order valence-electron chi connectivity index (χ4n) is 9.39. The number of rotatable bonds is 0. The molecular weight excluding hydrogens is 370 g/mol. The van der Waals surface area contributed by atoms with Crippen molar-refractivity contribution >= 4 is 5.78 Å². The average Bonchev–Trinajstić information content (AvgIpc) is 3.16. The van der Waals surface area contributed by atoms with Crippen molar-refractivity contribution in [2.45, 2.75) is 84.5 Å². The van der Waals surface area contributed by atoms with Crippen molar-refractivity contribution in [2.75, 3.05) is 6.54 Å². The number of ether oxygens (including phenoxy) is 1. The van der Waals surface area contributed by atoms with Crippen LogP contribution in [0.4, 0.5) is 0 Å². The second-order valence-electron chi connectivity index (χ2n) is 12.3. The van der Waals surface area contributed by atoms with E-state index in [2.05, 4.69) is 39.1 Å². The van der Waals surface area contributed by atoms with Crippen LogP contribution in [0.2, 0.25) is 0 Å². The second-order valence-corrected chi connectivity index (χ2v) is 12.3. The Kier molecular flexibility index (Phi) is 4.15. The molecule has 0 aromatic carbocycles. The average molecular weight is 410 g/mol. The molecule has 3 saturated carbocycles. The fraction of sp³-hybridized carbons (Fsp3) is 0.815. The van der Waals surface area contributed by atoms with E-state index in [1.54, 1.807) is 0 Å². The first-order chi connectivity index (χ1) is 14.3. The SMILES string of the molecule is C[C@H]1CC[C@]2(NC1)O[C@H]1C[C@H]3[C@@H]4CCC5=CC(=O)C=C[C@]5(C)[C@H]4CC[C@]3(C)[C@H]1[C@@H]2C. The molecule has 2 saturated heterocycles. The normalized spacial score (nSPS) is 56.9. The summed E-state index contributed by atoms with van der Waals surface area (Å²) < 4.78 is 6.98. The quantitative estimate of drug-likeness (QED) is 0.592. The van der Waals surface area contributed by atoms with Crippen LogP contribution in [0.1, 0.15) is 72.6 Å². The smallest absolute Gasteiger partial charge is 0.178 e. The molecule has 30 heavy (non-hydrogen) atoms. The van der Waals surface area contributed by atoms with Crippen molar-refractivity contribution in [3.05, 3.63) is 23.8 Å². The third kappa shape index (κ3) is 2.43. The number of hydrogen-bond donors (Lipinski definition) is 1. The van der Waals surface area contributed by atoms with Crippen LogP contribution in [0.5, 0.6) is 0 Å². The molecular formula is C27H39NO2. The molecule has 10 atom stereocenters. The molecule has 0 aromatic rings. The Hall–Kier alpha value is -0.930. The molecule has 6 aliphatic rings. The summed E-state index contributed by atoms with van der Waals surface area (Å²) in [6.45, 7) is 11.0. The number of ketones is 1. The highest BCUT2D eigenvalue weighted by Crippen LogP contribution is 2.70. The second kappa shape index (κ2) is 6.32. The van der Waals surface area contributed by atoms with E-state index in [9.17, 15) is 4.79 Å². The van der Waals surface area contributed by atoms with Crippen LogP contribution < -0.4 is 5.32 Å². The van der Waals surface area contributed by atoms with Gasteiger partial charge in [0.15, 0.2) is 5.78 Å². The zero-order valence-electron chi connectivity index (χ0n) is 19.2. The number of piperidine rings is 1. The summed E-state index contributed by atoms with van der Waals surface area (Å²) >= 11 is 0. The molecule has 4 aliphatic carbocycles. The molecule has 2 aliphatic heterocycles. The van der Waals surface area contributed by atoms with Crippen LogP contribution in [-0.4, -0.2) is 24.2 Å². The minimum atomic E-state index is -0.0619. The third-order valence-corrected chi connectivity index (χ3v) is 11.0. The molecule has 1 N–H and O–H groups in total. The number of carbonyl (C=O) groups is 1. The minimum Gasteiger partial charge on any atom is -0.357 e. The molecule has 5 fully saturated rings. The summed E-state index contributed by atoms with van der Waals surface area (Å²) in [4.78, 5) is 12.0. The van der Waals surface area contributed by atoms with E-state index in [0.29, 0.717) is 29.3 Å². The zero-order chi connectivity index (χ0) is 20.9. The van der Waals surface area contributed by atoms with E-state index < -0.39 is 0 Å². The Balaban J connectivity index is 1.29. The van der Waals surface area contributed by atoms with Crippen molar-refractivity contribution in [3.63, 3.8) is 0 Å². The first kappa shape index (κ1) is 19.7. The Morgan fingerprint density at radius 1 is 1.10 bits per heavy atom. The highest BCUT2D eigenvalue weighted by molar-refractivity contribution is 6.01. The summed E-state index contributed by atoms with van der Waals surface area (Å²) in [6, 6.07) is 0. The first-order valence-corrected chi connectivity index (χ1v) is 12.6. The monoisotopic (exact) mass is 409 g/mol. The highest BCUT2D eigenvalue weighted by atomic mass is 16.5. The molecule has 0 unspecified atom stereocenters. The predicted octanol–water partition coefficient (Wildman–Crippen LogP) is 5.27. The maximum atomic E-state index is 12.0. The van der Waals surface area contributed by atoms with Gasteiger partial charge in [0, 0.05) is 17.9 Å². The van der Waals surface area contributed by atoms with Gasteiger partial charge >= 0.3 is 0 Å². The van der Waals surface area contributed by atoms with Crippen LogP contribution in [0.25, 0.3) is 0 Å². The Morgan fingerprint density at radius 2 is 1.93 bits per heavy atom. The standard InChI is InChI=1S/C27H39NO2/c1-16-7-12-27(28-15-16)17(2)24-23(30-27)14-22-20-6-5-18-13-19(29)8-10-25(18,3)21(20)9-11-26(22,24)4/h8,10,13,16-17,20-24,28H,5-7,9,11-12,14-15H2,1-4H3/t16-,17-,20+,21-,22-,23-,24-,25-,26-,27-/m0/s1. The van der Waals surface area contributed by atoms with Crippen LogP contribution in [0, 0.1) is 46.3 Å². The predicted molar refractivity (Wildman–Crippen MR) is 119 cm³/mol. The molecule has 164 valence electrons. The van der Waals surface area contributed by atoms with Crippen molar-refractivity contribution in [2.24, 2.45) is 46.3 Å². The maximum absolute atomic E-state index is 12.0. The molecule has 6 rings (SSSR count). The fourth-order valence-corrected chi connectivity index (χ4v) is 9.39. The van der Waals surface area contributed by atoms with Gasteiger partial charge in [-0.2, -0.15) is 0 Å². The van der Waals surface area contributed by atoms with Crippen molar-refractivity contribution < 1.29 is 9.53 Å². The van der Waals surface area contributed by atoms with Gasteiger partial charge in [0.05, 0.1) is 6.10 Å². The number of fused-ring (bicyclic) bond motifs is 7. The van der Waals surface area contributed by atoms with Crippen molar-refractivity contribution in [1.82, 2.24) is 5.32 Å². The summed E-state index contributed by atoms with van der Waals surface area (Å²) in [5.41, 5.74) is 1.85. The Labute approximate surface area is 182 Å². The van der Waals surface area contributed by atoms with E-state index in [-0.39, 0.29) is 16.9 Å². The topological polar surface area (TPSA) is 38.3 Å². The van der Waals surface area contributed by atoms with Crippen LogP contribution in [0.15, 0.2) is 23.8 Å². The van der Waals surface area contributed by atoms with Crippen molar-refractivity contribution in [1.29, 1.82) is 0 Å². The van der Waals surface area contributed by atoms with Crippen molar-refractivity contribution in [3.8, 4) is 0 Å².